The molecular formula is C12H14BrNO3. The zero-order valence-electron chi connectivity index (χ0n) is 9.36. The summed E-state index contributed by atoms with van der Waals surface area (Å²) in [5.74, 6) is 0.382. The number of benzene rings is 1. The first kappa shape index (κ1) is 12.4. The maximum atomic E-state index is 10.7. The molecule has 1 saturated carbocycles. The Morgan fingerprint density at radius 3 is 2.53 bits per heavy atom. The van der Waals surface area contributed by atoms with Gasteiger partial charge in [0.2, 0.25) is 0 Å². The van der Waals surface area contributed by atoms with Crippen LogP contribution in [0.25, 0.3) is 0 Å². The van der Waals surface area contributed by atoms with Crippen molar-refractivity contribution >= 4 is 21.6 Å². The van der Waals surface area contributed by atoms with Crippen molar-refractivity contribution in [2.75, 3.05) is 0 Å². The summed E-state index contributed by atoms with van der Waals surface area (Å²) >= 11 is 3.20. The monoisotopic (exact) mass is 299 g/mol. The van der Waals surface area contributed by atoms with Gasteiger partial charge in [0.1, 0.15) is 5.75 Å². The summed E-state index contributed by atoms with van der Waals surface area (Å²) in [5.41, 5.74) is 0.754. The van der Waals surface area contributed by atoms with Gasteiger partial charge in [-0.15, -0.1) is 0 Å². The fourth-order valence-corrected chi connectivity index (χ4v) is 2.95. The molecule has 0 radical (unpaired) electrons. The normalized spacial score (nSPS) is 17.0. The third-order valence-electron chi connectivity index (χ3n) is 3.34. The minimum Gasteiger partial charge on any atom is -0.507 e. The lowest BCUT2D eigenvalue weighted by molar-refractivity contribution is -0.385. The standard InChI is InChI=1S/C12H14BrNO3/c13-10-6-9(8-4-2-1-3-5-8)12(15)7-11(10)14(16)17/h6-8,15H,1-5H2. The van der Waals surface area contributed by atoms with Crippen LogP contribution in [0.4, 0.5) is 5.69 Å². The van der Waals surface area contributed by atoms with E-state index in [9.17, 15) is 15.2 Å². The van der Waals surface area contributed by atoms with Crippen LogP contribution < -0.4 is 0 Å². The van der Waals surface area contributed by atoms with Crippen LogP contribution in [0, 0.1) is 10.1 Å². The van der Waals surface area contributed by atoms with Gasteiger partial charge in [0.25, 0.3) is 5.69 Å². The van der Waals surface area contributed by atoms with Gasteiger partial charge in [-0.2, -0.15) is 0 Å². The molecule has 0 aromatic heterocycles. The Balaban J connectivity index is 2.35. The lowest BCUT2D eigenvalue weighted by atomic mass is 9.83. The number of hydrogen-bond donors (Lipinski definition) is 1. The molecule has 5 heteroatoms. The molecule has 1 fully saturated rings. The van der Waals surface area contributed by atoms with Crippen LogP contribution >= 0.6 is 15.9 Å². The summed E-state index contributed by atoms with van der Waals surface area (Å²) in [6.07, 6.45) is 5.68. The van der Waals surface area contributed by atoms with Gasteiger partial charge in [0.15, 0.2) is 0 Å². The molecule has 1 aromatic rings. The zero-order valence-corrected chi connectivity index (χ0v) is 10.9. The number of nitro benzene ring substituents is 1. The minimum atomic E-state index is -0.492. The van der Waals surface area contributed by atoms with Gasteiger partial charge in [-0.1, -0.05) is 19.3 Å². The van der Waals surface area contributed by atoms with E-state index in [1.54, 1.807) is 6.07 Å². The molecule has 0 heterocycles. The van der Waals surface area contributed by atoms with Crippen LogP contribution in [-0.4, -0.2) is 10.0 Å². The molecule has 0 atom stereocenters. The molecule has 17 heavy (non-hydrogen) atoms. The summed E-state index contributed by atoms with van der Waals surface area (Å²) < 4.78 is 0.445. The lowest BCUT2D eigenvalue weighted by Crippen LogP contribution is -2.05. The number of rotatable bonds is 2. The highest BCUT2D eigenvalue weighted by Crippen LogP contribution is 2.41. The molecule has 1 aromatic carbocycles. The van der Waals surface area contributed by atoms with Gasteiger partial charge in [-0.25, -0.2) is 0 Å². The molecule has 2 rings (SSSR count). The molecule has 0 unspecified atom stereocenters. The first-order valence-corrected chi connectivity index (χ1v) is 6.55. The van der Waals surface area contributed by atoms with Crippen molar-refractivity contribution in [1.82, 2.24) is 0 Å². The highest BCUT2D eigenvalue weighted by Gasteiger charge is 2.22. The molecule has 0 amide bonds. The van der Waals surface area contributed by atoms with Crippen LogP contribution in [0.3, 0.4) is 0 Å². The van der Waals surface area contributed by atoms with E-state index in [1.807, 2.05) is 0 Å². The quantitative estimate of drug-likeness (QED) is 0.660. The predicted octanol–water partition coefficient (Wildman–Crippen LogP) is 4.11. The molecule has 1 aliphatic carbocycles. The van der Waals surface area contributed by atoms with Crippen LogP contribution in [0.5, 0.6) is 5.75 Å². The third-order valence-corrected chi connectivity index (χ3v) is 3.97. The van der Waals surface area contributed by atoms with Gasteiger partial charge in [0.05, 0.1) is 15.5 Å². The number of hydrogen-bond acceptors (Lipinski definition) is 3. The first-order chi connectivity index (χ1) is 8.09. The highest BCUT2D eigenvalue weighted by molar-refractivity contribution is 9.10. The van der Waals surface area contributed by atoms with E-state index in [1.165, 1.54) is 25.3 Å². The van der Waals surface area contributed by atoms with Crippen molar-refractivity contribution in [3.8, 4) is 5.75 Å². The molecule has 4 nitrogen and oxygen atoms in total. The van der Waals surface area contributed by atoms with E-state index in [0.29, 0.717) is 10.4 Å². The Kier molecular flexibility index (Phi) is 3.66. The Bertz CT molecular complexity index is 442. The first-order valence-electron chi connectivity index (χ1n) is 5.76. The second-order valence-electron chi connectivity index (χ2n) is 4.45. The Morgan fingerprint density at radius 2 is 1.94 bits per heavy atom. The van der Waals surface area contributed by atoms with Crippen molar-refractivity contribution in [1.29, 1.82) is 0 Å². The summed E-state index contributed by atoms with van der Waals surface area (Å²) in [5, 5.41) is 20.6. The van der Waals surface area contributed by atoms with Gasteiger partial charge in [-0.05, 0) is 46.3 Å². The topological polar surface area (TPSA) is 63.4 Å². The highest BCUT2D eigenvalue weighted by atomic mass is 79.9. The second-order valence-corrected chi connectivity index (χ2v) is 5.31. The van der Waals surface area contributed by atoms with Crippen molar-refractivity contribution in [3.63, 3.8) is 0 Å². The molecule has 1 N–H and O–H groups in total. The maximum absolute atomic E-state index is 10.7. The lowest BCUT2D eigenvalue weighted by Gasteiger charge is -2.22. The van der Waals surface area contributed by atoms with Crippen molar-refractivity contribution < 1.29 is 10.0 Å². The number of phenols is 1. The smallest absolute Gasteiger partial charge is 0.287 e. The van der Waals surface area contributed by atoms with Crippen LogP contribution in [0.1, 0.15) is 43.6 Å². The summed E-state index contributed by atoms with van der Waals surface area (Å²) in [6.45, 7) is 0. The molecule has 1 aliphatic rings. The van der Waals surface area contributed by atoms with Crippen molar-refractivity contribution in [2.45, 2.75) is 38.0 Å². The van der Waals surface area contributed by atoms with E-state index in [4.69, 9.17) is 0 Å². The molecule has 0 aliphatic heterocycles. The summed E-state index contributed by atoms with van der Waals surface area (Å²) in [4.78, 5) is 10.2. The summed E-state index contributed by atoms with van der Waals surface area (Å²) in [7, 11) is 0. The second kappa shape index (κ2) is 5.04. The molecule has 92 valence electrons. The fourth-order valence-electron chi connectivity index (χ4n) is 2.45. The van der Waals surface area contributed by atoms with E-state index in [2.05, 4.69) is 15.9 Å². The number of nitrogens with zero attached hydrogens (tertiary/aromatic N) is 1. The van der Waals surface area contributed by atoms with E-state index in [0.717, 1.165) is 18.4 Å². The third kappa shape index (κ3) is 2.60. The van der Waals surface area contributed by atoms with Crippen LogP contribution in [0.15, 0.2) is 16.6 Å². The van der Waals surface area contributed by atoms with Crippen molar-refractivity contribution in [2.24, 2.45) is 0 Å². The van der Waals surface area contributed by atoms with Crippen molar-refractivity contribution in [3.05, 3.63) is 32.3 Å². The molecular weight excluding hydrogens is 286 g/mol. The average molecular weight is 300 g/mol. The Labute approximate surface area is 108 Å². The maximum Gasteiger partial charge on any atom is 0.287 e. The Morgan fingerprint density at radius 1 is 1.29 bits per heavy atom. The zero-order chi connectivity index (χ0) is 12.4. The van der Waals surface area contributed by atoms with Crippen LogP contribution in [-0.2, 0) is 0 Å². The minimum absolute atomic E-state index is 0.0480. The number of aromatic hydroxyl groups is 1. The number of nitro groups is 1. The Hall–Kier alpha value is -1.10. The summed E-state index contributed by atoms with van der Waals surface area (Å²) in [6, 6.07) is 2.94. The van der Waals surface area contributed by atoms with Gasteiger partial charge >= 0.3 is 0 Å². The average Bonchev–Trinajstić information content (AvgIpc) is 2.32. The number of halogens is 1. The molecule has 0 saturated heterocycles. The van der Waals surface area contributed by atoms with Gasteiger partial charge in [0, 0.05) is 0 Å². The van der Waals surface area contributed by atoms with Crippen LogP contribution in [0.2, 0.25) is 0 Å². The van der Waals surface area contributed by atoms with E-state index in [-0.39, 0.29) is 11.4 Å². The molecule has 0 bridgehead atoms. The largest absolute Gasteiger partial charge is 0.507 e. The molecule has 0 spiro atoms. The van der Waals surface area contributed by atoms with E-state index >= 15 is 0 Å². The van der Waals surface area contributed by atoms with Gasteiger partial charge < -0.3 is 5.11 Å². The number of phenolic OH excluding ortho intramolecular Hbond substituents is 1. The fraction of sp³-hybridized carbons (Fsp3) is 0.500. The predicted molar refractivity (Wildman–Crippen MR) is 68.3 cm³/mol. The van der Waals surface area contributed by atoms with E-state index < -0.39 is 4.92 Å². The van der Waals surface area contributed by atoms with Gasteiger partial charge in [-0.3, -0.25) is 10.1 Å². The SMILES string of the molecule is O=[N+]([O-])c1cc(O)c(C2CCCCC2)cc1Br.